The maximum Gasteiger partial charge on any atom is 0.258 e. The van der Waals surface area contributed by atoms with Gasteiger partial charge in [0.05, 0.1) is 17.0 Å². The largest absolute Gasteiger partial charge is 0.393 e. The minimum atomic E-state index is -0.190. The van der Waals surface area contributed by atoms with Crippen molar-refractivity contribution in [3.63, 3.8) is 0 Å². The number of hydrogen-bond donors (Lipinski definition) is 2. The summed E-state index contributed by atoms with van der Waals surface area (Å²) in [4.78, 5) is 26.5. The fourth-order valence-electron chi connectivity index (χ4n) is 4.25. The van der Waals surface area contributed by atoms with Crippen LogP contribution in [-0.4, -0.2) is 39.3 Å². The maximum absolute atomic E-state index is 12.3. The zero-order valence-corrected chi connectivity index (χ0v) is 17.9. The SMILES string of the molecule is O=c1[nH]c(CCc2ccc(-c3ccnc(N4CCC(O)CC4)c3)cc2)nc2ccccc12. The topological polar surface area (TPSA) is 82.1 Å². The lowest BCUT2D eigenvalue weighted by molar-refractivity contribution is 0.145. The number of hydrogen-bond acceptors (Lipinski definition) is 5. The van der Waals surface area contributed by atoms with Gasteiger partial charge in [0.2, 0.25) is 0 Å². The van der Waals surface area contributed by atoms with Crippen LogP contribution >= 0.6 is 0 Å². The van der Waals surface area contributed by atoms with Crippen molar-refractivity contribution in [1.82, 2.24) is 15.0 Å². The van der Waals surface area contributed by atoms with E-state index in [0.29, 0.717) is 17.6 Å². The van der Waals surface area contributed by atoms with Gasteiger partial charge >= 0.3 is 0 Å². The number of anilines is 1. The fourth-order valence-corrected chi connectivity index (χ4v) is 4.25. The Morgan fingerprint density at radius 2 is 1.75 bits per heavy atom. The van der Waals surface area contributed by atoms with Crippen molar-refractivity contribution in [1.29, 1.82) is 0 Å². The fraction of sp³-hybridized carbons (Fsp3) is 0.269. The first-order valence-electron chi connectivity index (χ1n) is 11.1. The summed E-state index contributed by atoms with van der Waals surface area (Å²) in [6.45, 7) is 1.67. The lowest BCUT2D eigenvalue weighted by Crippen LogP contribution is -2.36. The van der Waals surface area contributed by atoms with Crippen LogP contribution in [0.1, 0.15) is 24.2 Å². The standard InChI is InChI=1S/C26H26N4O2/c31-21-12-15-30(16-13-21)25-17-20(11-14-27-25)19-8-5-18(6-9-19)7-10-24-28-23-4-2-1-3-22(23)26(32)29-24/h1-6,8-9,11,14,17,21,31H,7,10,12-13,15-16H2,(H,28,29,32). The smallest absolute Gasteiger partial charge is 0.258 e. The first-order valence-corrected chi connectivity index (χ1v) is 11.1. The number of aromatic amines is 1. The summed E-state index contributed by atoms with van der Waals surface area (Å²) in [5.41, 5.74) is 4.12. The van der Waals surface area contributed by atoms with Crippen LogP contribution in [0.5, 0.6) is 0 Å². The summed E-state index contributed by atoms with van der Waals surface area (Å²) in [5.74, 6) is 1.67. The first-order chi connectivity index (χ1) is 15.7. The van der Waals surface area contributed by atoms with Gasteiger partial charge in [-0.3, -0.25) is 4.79 Å². The van der Waals surface area contributed by atoms with E-state index in [9.17, 15) is 9.90 Å². The molecule has 0 unspecified atom stereocenters. The summed E-state index contributed by atoms with van der Waals surface area (Å²) >= 11 is 0. The molecule has 0 radical (unpaired) electrons. The van der Waals surface area contributed by atoms with Gasteiger partial charge in [-0.25, -0.2) is 9.97 Å². The molecular weight excluding hydrogens is 400 g/mol. The highest BCUT2D eigenvalue weighted by Crippen LogP contribution is 2.25. The molecule has 0 spiro atoms. The third-order valence-corrected chi connectivity index (χ3v) is 6.13. The van der Waals surface area contributed by atoms with Crippen LogP contribution < -0.4 is 10.5 Å². The van der Waals surface area contributed by atoms with E-state index in [2.05, 4.69) is 50.2 Å². The predicted octanol–water partition coefficient (Wildman–Crippen LogP) is 3.73. The second-order valence-electron chi connectivity index (χ2n) is 8.35. The predicted molar refractivity (Wildman–Crippen MR) is 127 cm³/mol. The molecule has 2 aromatic heterocycles. The summed E-state index contributed by atoms with van der Waals surface area (Å²) in [6, 6.07) is 20.1. The third kappa shape index (κ3) is 4.41. The molecule has 3 heterocycles. The average molecular weight is 427 g/mol. The van der Waals surface area contributed by atoms with Crippen LogP contribution in [0, 0.1) is 0 Å². The van der Waals surface area contributed by atoms with Gasteiger partial charge in [0, 0.05) is 25.7 Å². The zero-order chi connectivity index (χ0) is 21.9. The van der Waals surface area contributed by atoms with Crippen LogP contribution in [0.15, 0.2) is 71.7 Å². The maximum atomic E-state index is 12.3. The quantitative estimate of drug-likeness (QED) is 0.508. The van der Waals surface area contributed by atoms with Crippen LogP contribution in [-0.2, 0) is 12.8 Å². The Bertz CT molecular complexity index is 1280. The Morgan fingerprint density at radius 3 is 2.56 bits per heavy atom. The van der Waals surface area contributed by atoms with Crippen molar-refractivity contribution in [2.45, 2.75) is 31.8 Å². The third-order valence-electron chi connectivity index (χ3n) is 6.13. The molecule has 1 fully saturated rings. The molecule has 162 valence electrons. The number of aliphatic hydroxyl groups excluding tert-OH is 1. The lowest BCUT2D eigenvalue weighted by atomic mass is 10.0. The molecular formula is C26H26N4O2. The number of aryl methyl sites for hydroxylation is 2. The summed E-state index contributed by atoms with van der Waals surface area (Å²) < 4.78 is 0. The molecule has 1 saturated heterocycles. The molecule has 0 amide bonds. The normalized spacial score (nSPS) is 14.7. The van der Waals surface area contributed by atoms with E-state index in [1.165, 1.54) is 5.56 Å². The van der Waals surface area contributed by atoms with E-state index < -0.39 is 0 Å². The number of aromatic nitrogens is 3. The van der Waals surface area contributed by atoms with Gasteiger partial charge < -0.3 is 15.0 Å². The van der Waals surface area contributed by atoms with Gasteiger partial charge in [-0.05, 0) is 60.2 Å². The second-order valence-corrected chi connectivity index (χ2v) is 8.35. The van der Waals surface area contributed by atoms with Gasteiger partial charge in [-0.1, -0.05) is 36.4 Å². The highest BCUT2D eigenvalue weighted by molar-refractivity contribution is 5.77. The number of piperidine rings is 1. The highest BCUT2D eigenvalue weighted by Gasteiger charge is 2.18. The molecule has 0 saturated carbocycles. The first kappa shape index (κ1) is 20.4. The van der Waals surface area contributed by atoms with E-state index in [1.54, 1.807) is 6.07 Å². The van der Waals surface area contributed by atoms with Crippen molar-refractivity contribution in [3.8, 4) is 11.1 Å². The van der Waals surface area contributed by atoms with Crippen molar-refractivity contribution < 1.29 is 5.11 Å². The zero-order valence-electron chi connectivity index (χ0n) is 17.9. The molecule has 6 nitrogen and oxygen atoms in total. The monoisotopic (exact) mass is 426 g/mol. The van der Waals surface area contributed by atoms with Gasteiger partial charge in [0.25, 0.3) is 5.56 Å². The van der Waals surface area contributed by atoms with E-state index in [0.717, 1.165) is 54.8 Å². The molecule has 32 heavy (non-hydrogen) atoms. The molecule has 1 aliphatic rings. The average Bonchev–Trinajstić information content (AvgIpc) is 2.84. The highest BCUT2D eigenvalue weighted by atomic mass is 16.3. The van der Waals surface area contributed by atoms with Crippen molar-refractivity contribution in [2.24, 2.45) is 0 Å². The van der Waals surface area contributed by atoms with Crippen LogP contribution in [0.3, 0.4) is 0 Å². The van der Waals surface area contributed by atoms with Gasteiger partial charge in [0.15, 0.2) is 0 Å². The van der Waals surface area contributed by atoms with Crippen molar-refractivity contribution >= 4 is 16.7 Å². The number of nitrogens with zero attached hydrogens (tertiary/aromatic N) is 3. The molecule has 2 N–H and O–H groups in total. The number of pyridine rings is 1. The number of H-pyrrole nitrogens is 1. The number of benzene rings is 2. The summed E-state index contributed by atoms with van der Waals surface area (Å²) in [6.07, 6.45) is 4.73. The summed E-state index contributed by atoms with van der Waals surface area (Å²) in [5, 5.41) is 10.4. The Morgan fingerprint density at radius 1 is 0.969 bits per heavy atom. The number of fused-ring (bicyclic) bond motifs is 1. The minimum Gasteiger partial charge on any atom is -0.393 e. The minimum absolute atomic E-state index is 0.0855. The molecule has 6 heteroatoms. The molecule has 0 atom stereocenters. The Kier molecular flexibility index (Phi) is 5.69. The Labute approximate surface area is 186 Å². The van der Waals surface area contributed by atoms with E-state index in [-0.39, 0.29) is 11.7 Å². The van der Waals surface area contributed by atoms with Crippen LogP contribution in [0.4, 0.5) is 5.82 Å². The Balaban J connectivity index is 1.28. The second kappa shape index (κ2) is 8.93. The summed E-state index contributed by atoms with van der Waals surface area (Å²) in [7, 11) is 0. The van der Waals surface area contributed by atoms with Gasteiger partial charge in [-0.15, -0.1) is 0 Å². The van der Waals surface area contributed by atoms with Gasteiger partial charge in [0.1, 0.15) is 11.6 Å². The lowest BCUT2D eigenvalue weighted by Gasteiger charge is -2.30. The molecule has 5 rings (SSSR count). The molecule has 1 aliphatic heterocycles. The molecule has 0 bridgehead atoms. The van der Waals surface area contributed by atoms with E-state index in [4.69, 9.17) is 0 Å². The van der Waals surface area contributed by atoms with E-state index in [1.807, 2.05) is 30.5 Å². The molecule has 2 aromatic carbocycles. The number of rotatable bonds is 5. The number of para-hydroxylation sites is 1. The number of nitrogens with one attached hydrogen (secondary N) is 1. The van der Waals surface area contributed by atoms with Crippen LogP contribution in [0.25, 0.3) is 22.0 Å². The molecule has 0 aliphatic carbocycles. The Hall–Kier alpha value is -3.51. The van der Waals surface area contributed by atoms with Crippen molar-refractivity contribution in [2.75, 3.05) is 18.0 Å². The van der Waals surface area contributed by atoms with E-state index >= 15 is 0 Å². The van der Waals surface area contributed by atoms with Crippen molar-refractivity contribution in [3.05, 3.63) is 88.6 Å². The van der Waals surface area contributed by atoms with Gasteiger partial charge in [-0.2, -0.15) is 0 Å². The molecule has 4 aromatic rings. The number of aliphatic hydroxyl groups is 1. The van der Waals surface area contributed by atoms with Crippen LogP contribution in [0.2, 0.25) is 0 Å².